The average Bonchev–Trinajstić information content (AvgIpc) is 2.53. The highest BCUT2D eigenvalue weighted by atomic mass is 17.2. The second-order valence-corrected chi connectivity index (χ2v) is 2.59. The second kappa shape index (κ2) is 2.84. The van der Waals surface area contributed by atoms with Crippen LogP contribution in [0.5, 0.6) is 5.75 Å². The molecule has 0 radical (unpaired) electrons. The van der Waals surface area contributed by atoms with Crippen molar-refractivity contribution in [3.05, 3.63) is 29.3 Å². The molecule has 3 nitrogen and oxygen atoms in total. The number of nitrogens with zero attached hydrogens (tertiary/aromatic N) is 1. The summed E-state index contributed by atoms with van der Waals surface area (Å²) < 4.78 is 0. The van der Waals surface area contributed by atoms with Crippen molar-refractivity contribution in [2.75, 3.05) is 0 Å². The quantitative estimate of drug-likeness (QED) is 0.587. The molecule has 0 aromatic heterocycles. The normalized spacial score (nSPS) is 13.2. The van der Waals surface area contributed by atoms with Gasteiger partial charge in [0.25, 0.3) is 0 Å². The lowest BCUT2D eigenvalue weighted by Gasteiger charge is -1.99. The zero-order valence-corrected chi connectivity index (χ0v) is 6.41. The van der Waals surface area contributed by atoms with Gasteiger partial charge in [-0.25, -0.2) is 0 Å². The van der Waals surface area contributed by atoms with Crippen LogP contribution >= 0.6 is 0 Å². The number of fused-ring (bicyclic) bond motifs is 1. The van der Waals surface area contributed by atoms with Crippen molar-refractivity contribution in [2.45, 2.75) is 13.0 Å². The molecule has 1 aliphatic rings. The van der Waals surface area contributed by atoms with Crippen molar-refractivity contribution in [3.8, 4) is 11.8 Å². The molecule has 0 bridgehead atoms. The fourth-order valence-corrected chi connectivity index (χ4v) is 1.23. The van der Waals surface area contributed by atoms with Crippen molar-refractivity contribution in [3.63, 3.8) is 0 Å². The predicted octanol–water partition coefficient (Wildman–Crippen LogP) is 1.58. The van der Waals surface area contributed by atoms with E-state index in [1.54, 1.807) is 0 Å². The molecule has 1 aromatic carbocycles. The third kappa shape index (κ3) is 1.03. The number of hydrogen-bond acceptors (Lipinski definition) is 3. The van der Waals surface area contributed by atoms with Crippen LogP contribution in [0.15, 0.2) is 18.2 Å². The van der Waals surface area contributed by atoms with Crippen molar-refractivity contribution in [2.24, 2.45) is 0 Å². The fourth-order valence-electron chi connectivity index (χ4n) is 1.23. The van der Waals surface area contributed by atoms with Gasteiger partial charge >= 0.3 is 0 Å². The minimum absolute atomic E-state index is 0.368. The minimum Gasteiger partial charge on any atom is -0.336 e. The van der Waals surface area contributed by atoms with E-state index in [4.69, 9.17) is 15.0 Å². The van der Waals surface area contributed by atoms with Gasteiger partial charge in [0.05, 0.1) is 12.5 Å². The summed E-state index contributed by atoms with van der Waals surface area (Å²) >= 11 is 0. The Balaban J connectivity index is 2.44. The average molecular weight is 161 g/mol. The zero-order chi connectivity index (χ0) is 8.39. The first-order chi connectivity index (χ1) is 5.92. The van der Waals surface area contributed by atoms with Gasteiger partial charge in [0, 0.05) is 11.1 Å². The van der Waals surface area contributed by atoms with Gasteiger partial charge in [-0.15, -0.1) is 0 Å². The fraction of sp³-hybridized carbons (Fsp3) is 0.222. The van der Waals surface area contributed by atoms with Gasteiger partial charge in [-0.3, -0.25) is 0 Å². The van der Waals surface area contributed by atoms with Crippen molar-refractivity contribution in [1.82, 2.24) is 0 Å². The molecule has 0 fully saturated rings. The summed E-state index contributed by atoms with van der Waals surface area (Å²) in [5, 5.41) is 8.50. The van der Waals surface area contributed by atoms with E-state index in [0.29, 0.717) is 13.0 Å². The molecule has 0 amide bonds. The Bertz CT molecular complexity index is 341. The topological polar surface area (TPSA) is 42.2 Å². The molecule has 2 rings (SSSR count). The predicted molar refractivity (Wildman–Crippen MR) is 41.2 cm³/mol. The van der Waals surface area contributed by atoms with Gasteiger partial charge in [0.1, 0.15) is 6.61 Å². The van der Waals surface area contributed by atoms with E-state index < -0.39 is 0 Å². The summed E-state index contributed by atoms with van der Waals surface area (Å²) in [6.07, 6.45) is 0.368. The lowest BCUT2D eigenvalue weighted by atomic mass is 10.1. The first kappa shape index (κ1) is 7.14. The van der Waals surface area contributed by atoms with E-state index in [2.05, 4.69) is 6.07 Å². The summed E-state index contributed by atoms with van der Waals surface area (Å²) in [5.41, 5.74) is 1.91. The molecule has 1 heterocycles. The summed E-state index contributed by atoms with van der Waals surface area (Å²) in [6, 6.07) is 7.79. The Morgan fingerprint density at radius 1 is 1.50 bits per heavy atom. The van der Waals surface area contributed by atoms with Gasteiger partial charge in [0.15, 0.2) is 5.75 Å². The molecule has 1 aromatic rings. The number of hydrogen-bond donors (Lipinski definition) is 0. The molecule has 0 N–H and O–H groups in total. The lowest BCUT2D eigenvalue weighted by molar-refractivity contribution is -0.194. The Hall–Kier alpha value is -1.53. The van der Waals surface area contributed by atoms with Gasteiger partial charge in [-0.2, -0.15) is 10.1 Å². The highest BCUT2D eigenvalue weighted by Gasteiger charge is 2.16. The lowest BCUT2D eigenvalue weighted by Crippen LogP contribution is -1.88. The first-order valence-corrected chi connectivity index (χ1v) is 3.69. The van der Waals surface area contributed by atoms with E-state index in [9.17, 15) is 0 Å². The zero-order valence-electron chi connectivity index (χ0n) is 6.41. The van der Waals surface area contributed by atoms with Gasteiger partial charge in [-0.1, -0.05) is 18.2 Å². The molecule has 0 saturated carbocycles. The van der Waals surface area contributed by atoms with Crippen LogP contribution < -0.4 is 4.89 Å². The van der Waals surface area contributed by atoms with Crippen LogP contribution in [0.25, 0.3) is 0 Å². The molecule has 1 aliphatic heterocycles. The standard InChI is InChI=1S/C9H7NO2/c10-5-4-7-2-1-3-8-6-11-12-9(7)8/h1-3H,4,6H2. The second-order valence-electron chi connectivity index (χ2n) is 2.59. The third-order valence-electron chi connectivity index (χ3n) is 1.80. The van der Waals surface area contributed by atoms with Crippen LogP contribution in [0.3, 0.4) is 0 Å². The highest BCUT2D eigenvalue weighted by molar-refractivity contribution is 5.43. The van der Waals surface area contributed by atoms with Gasteiger partial charge in [0.2, 0.25) is 0 Å². The van der Waals surface area contributed by atoms with Crippen LogP contribution in [0.1, 0.15) is 11.1 Å². The monoisotopic (exact) mass is 161 g/mol. The summed E-state index contributed by atoms with van der Waals surface area (Å²) in [7, 11) is 0. The van der Waals surface area contributed by atoms with Crippen LogP contribution in [-0.2, 0) is 17.9 Å². The molecule has 0 unspecified atom stereocenters. The molecule has 3 heteroatoms. The third-order valence-corrected chi connectivity index (χ3v) is 1.80. The van der Waals surface area contributed by atoms with Crippen molar-refractivity contribution in [1.29, 1.82) is 5.26 Å². The van der Waals surface area contributed by atoms with E-state index >= 15 is 0 Å². The first-order valence-electron chi connectivity index (χ1n) is 3.69. The SMILES string of the molecule is N#CCc1cccc2c1OOC2. The van der Waals surface area contributed by atoms with E-state index in [0.717, 1.165) is 16.9 Å². The Labute approximate surface area is 70.1 Å². The maximum absolute atomic E-state index is 8.50. The van der Waals surface area contributed by atoms with E-state index in [1.165, 1.54) is 0 Å². The molecular weight excluding hydrogens is 154 g/mol. The largest absolute Gasteiger partial charge is 0.336 e. The number of nitriles is 1. The Kier molecular flexibility index (Phi) is 1.69. The Morgan fingerprint density at radius 2 is 2.42 bits per heavy atom. The molecule has 0 spiro atoms. The summed E-state index contributed by atoms with van der Waals surface area (Å²) in [4.78, 5) is 9.72. The highest BCUT2D eigenvalue weighted by Crippen LogP contribution is 2.29. The maximum atomic E-state index is 8.50. The van der Waals surface area contributed by atoms with Crippen LogP contribution in [0, 0.1) is 11.3 Å². The number of rotatable bonds is 1. The Morgan fingerprint density at radius 3 is 3.25 bits per heavy atom. The van der Waals surface area contributed by atoms with E-state index in [-0.39, 0.29) is 0 Å². The van der Waals surface area contributed by atoms with Crippen molar-refractivity contribution >= 4 is 0 Å². The van der Waals surface area contributed by atoms with Crippen LogP contribution in [0.2, 0.25) is 0 Å². The van der Waals surface area contributed by atoms with Crippen LogP contribution in [-0.4, -0.2) is 0 Å². The summed E-state index contributed by atoms with van der Waals surface area (Å²) in [5.74, 6) is 0.721. The number of benzene rings is 1. The molecule has 0 atom stereocenters. The molecule has 0 saturated heterocycles. The molecular formula is C9H7NO2. The van der Waals surface area contributed by atoms with Gasteiger partial charge in [-0.05, 0) is 0 Å². The number of para-hydroxylation sites is 1. The summed E-state index contributed by atoms with van der Waals surface area (Å²) in [6.45, 7) is 0.481. The minimum atomic E-state index is 0.368. The maximum Gasteiger partial charge on any atom is 0.175 e. The van der Waals surface area contributed by atoms with Crippen molar-refractivity contribution < 1.29 is 9.78 Å². The molecule has 60 valence electrons. The van der Waals surface area contributed by atoms with Crippen LogP contribution in [0.4, 0.5) is 0 Å². The molecule has 0 aliphatic carbocycles. The molecule has 12 heavy (non-hydrogen) atoms. The smallest absolute Gasteiger partial charge is 0.175 e. The van der Waals surface area contributed by atoms with Gasteiger partial charge < -0.3 is 4.89 Å². The van der Waals surface area contributed by atoms with E-state index in [1.807, 2.05) is 18.2 Å².